The van der Waals surface area contributed by atoms with Crippen molar-refractivity contribution in [2.45, 2.75) is 6.61 Å². The van der Waals surface area contributed by atoms with E-state index in [0.717, 1.165) is 11.1 Å². The number of nitrogens with one attached hydrogen (secondary N) is 1. The van der Waals surface area contributed by atoms with Crippen molar-refractivity contribution in [2.24, 2.45) is 0 Å². The van der Waals surface area contributed by atoms with Gasteiger partial charge in [-0.1, -0.05) is 30.3 Å². The predicted octanol–water partition coefficient (Wildman–Crippen LogP) is 6.31. The normalized spacial score (nSPS) is 10.7. The summed E-state index contributed by atoms with van der Waals surface area (Å²) in [4.78, 5) is 22.6. The topological polar surface area (TPSA) is 86.5 Å². The number of anilines is 1. The average molecular weight is 484 g/mol. The van der Waals surface area contributed by atoms with Crippen molar-refractivity contribution in [3.8, 4) is 33.5 Å². The zero-order chi connectivity index (χ0) is 24.0. The van der Waals surface area contributed by atoms with Crippen molar-refractivity contribution in [1.29, 1.82) is 0 Å². The lowest BCUT2D eigenvalue weighted by Crippen LogP contribution is -2.11. The van der Waals surface area contributed by atoms with E-state index in [4.69, 9.17) is 18.9 Å². The minimum absolute atomic E-state index is 0.274. The Hall–Kier alpha value is -4.43. The molecule has 1 N–H and O–H groups in total. The van der Waals surface area contributed by atoms with Crippen LogP contribution in [0.4, 0.5) is 5.69 Å². The number of nitrogens with zero attached hydrogens (tertiary/aromatic N) is 2. The second kappa shape index (κ2) is 10.2. The monoisotopic (exact) mass is 483 g/mol. The largest absolute Gasteiger partial charge is 0.493 e. The fraction of sp³-hybridized carbons (Fsp3) is 0.0741. The lowest BCUT2D eigenvalue weighted by molar-refractivity contribution is 0.103. The van der Waals surface area contributed by atoms with Gasteiger partial charge in [0.15, 0.2) is 22.3 Å². The summed E-state index contributed by atoms with van der Waals surface area (Å²) in [5.74, 6) is 1.43. The van der Waals surface area contributed by atoms with E-state index in [2.05, 4.69) is 10.3 Å². The summed E-state index contributed by atoms with van der Waals surface area (Å²) in [6, 6.07) is 22.3. The van der Waals surface area contributed by atoms with Gasteiger partial charge in [0.25, 0.3) is 5.91 Å². The van der Waals surface area contributed by atoms with Gasteiger partial charge in [0.1, 0.15) is 11.5 Å². The van der Waals surface area contributed by atoms with Crippen molar-refractivity contribution in [1.82, 2.24) is 9.97 Å². The summed E-state index contributed by atoms with van der Waals surface area (Å²) in [5.41, 5.74) is 3.00. The van der Waals surface area contributed by atoms with E-state index in [9.17, 15) is 4.79 Å². The quantitative estimate of drug-likeness (QED) is 0.279. The van der Waals surface area contributed by atoms with Crippen molar-refractivity contribution >= 4 is 22.9 Å². The summed E-state index contributed by atoms with van der Waals surface area (Å²) in [7, 11) is 1.58. The van der Waals surface area contributed by atoms with Gasteiger partial charge in [-0.3, -0.25) is 9.78 Å². The lowest BCUT2D eigenvalue weighted by atomic mass is 10.1. The lowest BCUT2D eigenvalue weighted by Gasteiger charge is -2.13. The summed E-state index contributed by atoms with van der Waals surface area (Å²) >= 11 is 1.28. The summed E-state index contributed by atoms with van der Waals surface area (Å²) in [6.07, 6.45) is 5.01. The molecule has 0 spiro atoms. The number of rotatable bonds is 8. The van der Waals surface area contributed by atoms with Crippen molar-refractivity contribution in [2.75, 3.05) is 12.4 Å². The first kappa shape index (κ1) is 22.4. The second-order valence-electron chi connectivity index (χ2n) is 7.50. The van der Waals surface area contributed by atoms with Crippen LogP contribution in [0.3, 0.4) is 0 Å². The molecule has 3 heterocycles. The molecule has 3 aromatic heterocycles. The smallest absolute Gasteiger partial charge is 0.268 e. The maximum Gasteiger partial charge on any atom is 0.268 e. The SMILES string of the molecule is COc1ccc(NC(=O)c2sc(-c3ccco3)nc2-c2ccccc2)cc1OCc1ccncc1. The average Bonchev–Trinajstić information content (AvgIpc) is 3.59. The van der Waals surface area contributed by atoms with E-state index in [0.29, 0.717) is 45.1 Å². The molecule has 174 valence electrons. The van der Waals surface area contributed by atoms with E-state index in [1.165, 1.54) is 11.3 Å². The van der Waals surface area contributed by atoms with Gasteiger partial charge in [-0.05, 0) is 42.0 Å². The van der Waals surface area contributed by atoms with Gasteiger partial charge < -0.3 is 19.2 Å². The van der Waals surface area contributed by atoms with Crippen LogP contribution in [0.25, 0.3) is 22.0 Å². The Bertz CT molecular complexity index is 1420. The summed E-state index contributed by atoms with van der Waals surface area (Å²) < 4.78 is 16.9. The van der Waals surface area contributed by atoms with Crippen LogP contribution in [0, 0.1) is 0 Å². The van der Waals surface area contributed by atoms with Crippen LogP contribution in [0.5, 0.6) is 11.5 Å². The number of hydrogen-bond acceptors (Lipinski definition) is 7. The number of methoxy groups -OCH3 is 1. The van der Waals surface area contributed by atoms with Crippen LogP contribution < -0.4 is 14.8 Å². The first-order valence-corrected chi connectivity index (χ1v) is 11.6. The van der Waals surface area contributed by atoms with Crippen LogP contribution in [-0.4, -0.2) is 23.0 Å². The summed E-state index contributed by atoms with van der Waals surface area (Å²) in [5, 5.41) is 3.61. The molecule has 0 aliphatic carbocycles. The van der Waals surface area contributed by atoms with Gasteiger partial charge in [0.2, 0.25) is 0 Å². The summed E-state index contributed by atoms with van der Waals surface area (Å²) in [6.45, 7) is 0.343. The number of benzene rings is 2. The van der Waals surface area contributed by atoms with E-state index in [-0.39, 0.29) is 5.91 Å². The number of amides is 1. The number of furan rings is 1. The molecule has 0 atom stereocenters. The van der Waals surface area contributed by atoms with E-state index < -0.39 is 0 Å². The van der Waals surface area contributed by atoms with Gasteiger partial charge >= 0.3 is 0 Å². The molecule has 0 fully saturated rings. The van der Waals surface area contributed by atoms with Crippen LogP contribution in [0.1, 0.15) is 15.2 Å². The fourth-order valence-electron chi connectivity index (χ4n) is 3.47. The van der Waals surface area contributed by atoms with Gasteiger partial charge in [0, 0.05) is 29.7 Å². The molecular weight excluding hydrogens is 462 g/mol. The number of ether oxygens (including phenoxy) is 2. The number of carbonyl (C=O) groups excluding carboxylic acids is 1. The molecular formula is C27H21N3O4S. The van der Waals surface area contributed by atoms with E-state index in [1.54, 1.807) is 50.0 Å². The highest BCUT2D eigenvalue weighted by molar-refractivity contribution is 7.17. The standard InChI is InChI=1S/C27H21N3O4S/c1-32-21-10-9-20(16-23(21)34-17-18-11-13-28-14-12-18)29-26(31)25-24(19-6-3-2-4-7-19)30-27(35-25)22-8-5-15-33-22/h2-16H,17H2,1H3,(H,29,31). The van der Waals surface area contributed by atoms with Crippen molar-refractivity contribution in [3.05, 3.63) is 102 Å². The number of aromatic nitrogens is 2. The van der Waals surface area contributed by atoms with Gasteiger partial charge in [-0.15, -0.1) is 11.3 Å². The Kier molecular flexibility index (Phi) is 6.54. The molecule has 0 unspecified atom stereocenters. The third-order valence-corrected chi connectivity index (χ3v) is 6.25. The highest BCUT2D eigenvalue weighted by atomic mass is 32.1. The Morgan fingerprint density at radius 2 is 1.83 bits per heavy atom. The minimum Gasteiger partial charge on any atom is -0.493 e. The predicted molar refractivity (Wildman–Crippen MR) is 135 cm³/mol. The highest BCUT2D eigenvalue weighted by Crippen LogP contribution is 2.36. The second-order valence-corrected chi connectivity index (χ2v) is 8.50. The van der Waals surface area contributed by atoms with Gasteiger partial charge in [0.05, 0.1) is 19.1 Å². The highest BCUT2D eigenvalue weighted by Gasteiger charge is 2.22. The zero-order valence-electron chi connectivity index (χ0n) is 18.8. The molecule has 5 aromatic rings. The van der Waals surface area contributed by atoms with Crippen molar-refractivity contribution in [3.63, 3.8) is 0 Å². The Morgan fingerprint density at radius 3 is 2.57 bits per heavy atom. The molecule has 7 nitrogen and oxygen atoms in total. The molecule has 35 heavy (non-hydrogen) atoms. The molecule has 0 aliphatic rings. The van der Waals surface area contributed by atoms with Crippen LogP contribution >= 0.6 is 11.3 Å². The molecule has 1 amide bonds. The van der Waals surface area contributed by atoms with Crippen LogP contribution in [-0.2, 0) is 6.61 Å². The first-order chi connectivity index (χ1) is 17.2. The number of carbonyl (C=O) groups is 1. The number of pyridine rings is 1. The van der Waals surface area contributed by atoms with Gasteiger partial charge in [-0.25, -0.2) is 4.98 Å². The molecule has 0 radical (unpaired) electrons. The molecule has 2 aromatic carbocycles. The minimum atomic E-state index is -0.274. The molecule has 8 heteroatoms. The van der Waals surface area contributed by atoms with Crippen LogP contribution in [0.2, 0.25) is 0 Å². The fourth-order valence-corrected chi connectivity index (χ4v) is 4.42. The van der Waals surface area contributed by atoms with E-state index in [1.807, 2.05) is 48.5 Å². The molecule has 0 aliphatic heterocycles. The maximum atomic E-state index is 13.4. The zero-order valence-corrected chi connectivity index (χ0v) is 19.6. The van der Waals surface area contributed by atoms with Crippen molar-refractivity contribution < 1.29 is 18.7 Å². The first-order valence-electron chi connectivity index (χ1n) is 10.8. The van der Waals surface area contributed by atoms with Crippen LogP contribution in [0.15, 0.2) is 95.9 Å². The number of thiazole rings is 1. The molecule has 0 saturated carbocycles. The maximum absolute atomic E-state index is 13.4. The molecule has 0 saturated heterocycles. The Morgan fingerprint density at radius 1 is 1.00 bits per heavy atom. The number of hydrogen-bond donors (Lipinski definition) is 1. The third-order valence-electron chi connectivity index (χ3n) is 5.18. The Balaban J connectivity index is 1.42. The van der Waals surface area contributed by atoms with Gasteiger partial charge in [-0.2, -0.15) is 0 Å². The third kappa shape index (κ3) is 5.07. The molecule has 0 bridgehead atoms. The Labute approximate surface area is 206 Å². The molecule has 5 rings (SSSR count). The van der Waals surface area contributed by atoms with E-state index >= 15 is 0 Å².